The first-order chi connectivity index (χ1) is 28.0. The molecule has 0 saturated heterocycles. The Balaban J connectivity index is 0.969. The second kappa shape index (κ2) is 13.0. The number of para-hydroxylation sites is 1. The lowest BCUT2D eigenvalue weighted by atomic mass is 9.82. The van der Waals surface area contributed by atoms with Gasteiger partial charge in [-0.15, -0.1) is 0 Å². The van der Waals surface area contributed by atoms with Gasteiger partial charge in [-0.1, -0.05) is 147 Å². The number of furan rings is 1. The molecule has 11 rings (SSSR count). The van der Waals surface area contributed by atoms with Gasteiger partial charge in [-0.25, -0.2) is 0 Å². The van der Waals surface area contributed by atoms with Crippen molar-refractivity contribution in [1.29, 1.82) is 0 Å². The highest BCUT2D eigenvalue weighted by atomic mass is 16.3. The zero-order chi connectivity index (χ0) is 38.1. The van der Waals surface area contributed by atoms with E-state index >= 15 is 0 Å². The Morgan fingerprint density at radius 2 is 0.860 bits per heavy atom. The highest BCUT2D eigenvalue weighted by Crippen LogP contribution is 2.52. The zero-order valence-corrected chi connectivity index (χ0v) is 31.9. The number of nitrogens with zero attached hydrogens (tertiary/aromatic N) is 1. The van der Waals surface area contributed by atoms with E-state index in [-0.39, 0.29) is 5.41 Å². The molecule has 0 aliphatic heterocycles. The van der Waals surface area contributed by atoms with Crippen LogP contribution in [-0.4, -0.2) is 0 Å². The van der Waals surface area contributed by atoms with Crippen LogP contribution >= 0.6 is 0 Å². The van der Waals surface area contributed by atoms with E-state index in [1.807, 2.05) is 6.07 Å². The van der Waals surface area contributed by atoms with Gasteiger partial charge in [0.2, 0.25) is 0 Å². The molecule has 1 aromatic heterocycles. The summed E-state index contributed by atoms with van der Waals surface area (Å²) in [4.78, 5) is 2.36. The van der Waals surface area contributed by atoms with E-state index in [1.165, 1.54) is 77.2 Å². The maximum Gasteiger partial charge on any atom is 0.135 e. The molecule has 0 saturated carbocycles. The van der Waals surface area contributed by atoms with Crippen molar-refractivity contribution in [3.05, 3.63) is 211 Å². The molecule has 10 aromatic rings. The molecule has 57 heavy (non-hydrogen) atoms. The number of hydrogen-bond acceptors (Lipinski definition) is 2. The highest BCUT2D eigenvalue weighted by molar-refractivity contribution is 6.08. The van der Waals surface area contributed by atoms with Crippen LogP contribution in [0, 0.1) is 0 Å². The predicted octanol–water partition coefficient (Wildman–Crippen LogP) is 15.5. The number of benzene rings is 9. The summed E-state index contributed by atoms with van der Waals surface area (Å²) in [6, 6.07) is 72.7. The molecular weight excluding hydrogens is 691 g/mol. The first-order valence-corrected chi connectivity index (χ1v) is 19.7. The van der Waals surface area contributed by atoms with Gasteiger partial charge in [0, 0.05) is 33.2 Å². The first-order valence-electron chi connectivity index (χ1n) is 19.7. The number of anilines is 3. The summed E-state index contributed by atoms with van der Waals surface area (Å²) >= 11 is 0. The van der Waals surface area contributed by atoms with Gasteiger partial charge in [0.05, 0.1) is 0 Å². The third-order valence-corrected chi connectivity index (χ3v) is 12.1. The Morgan fingerprint density at radius 1 is 0.351 bits per heavy atom. The Bertz CT molecular complexity index is 3040. The topological polar surface area (TPSA) is 16.4 Å². The molecule has 0 N–H and O–H groups in total. The molecule has 9 aromatic carbocycles. The fourth-order valence-corrected chi connectivity index (χ4v) is 9.01. The van der Waals surface area contributed by atoms with E-state index in [9.17, 15) is 0 Å². The molecule has 2 nitrogen and oxygen atoms in total. The molecule has 2 heteroatoms. The van der Waals surface area contributed by atoms with Gasteiger partial charge in [0.1, 0.15) is 11.2 Å². The van der Waals surface area contributed by atoms with E-state index in [1.54, 1.807) is 0 Å². The van der Waals surface area contributed by atoms with Gasteiger partial charge in [-0.3, -0.25) is 0 Å². The van der Waals surface area contributed by atoms with Gasteiger partial charge in [0.15, 0.2) is 0 Å². The molecular formula is C55H39NO. The molecule has 1 aliphatic carbocycles. The molecule has 1 heterocycles. The van der Waals surface area contributed by atoms with E-state index < -0.39 is 0 Å². The second-order valence-corrected chi connectivity index (χ2v) is 15.8. The van der Waals surface area contributed by atoms with Crippen molar-refractivity contribution < 1.29 is 4.42 Å². The van der Waals surface area contributed by atoms with Crippen LogP contribution in [0.4, 0.5) is 17.1 Å². The van der Waals surface area contributed by atoms with Crippen LogP contribution in [0.2, 0.25) is 0 Å². The van der Waals surface area contributed by atoms with Gasteiger partial charge in [-0.2, -0.15) is 0 Å². The molecule has 0 bridgehead atoms. The van der Waals surface area contributed by atoms with E-state index in [4.69, 9.17) is 4.42 Å². The van der Waals surface area contributed by atoms with Crippen molar-refractivity contribution in [3.63, 3.8) is 0 Å². The molecule has 1 aliphatic rings. The zero-order valence-electron chi connectivity index (χ0n) is 31.9. The average Bonchev–Trinajstić information content (AvgIpc) is 3.74. The standard InChI is InChI=1S/C55H39NO/c1-55(2)51-30-24-43(33-48(51)49-34-50-47-15-9-10-16-53(47)57-54(50)35-52(49)55)40-17-18-42-32-46(29-23-41(42)31-40)56(44-25-19-38(20-26-44)36-11-5-3-6-12-36)45-27-21-39(22-28-45)37-13-7-4-8-14-37/h3-35H,1-2H3. The fraction of sp³-hybridized carbons (Fsp3) is 0.0545. The van der Waals surface area contributed by atoms with Crippen LogP contribution < -0.4 is 4.90 Å². The Kier molecular flexibility index (Phi) is 7.55. The highest BCUT2D eigenvalue weighted by Gasteiger charge is 2.36. The molecule has 0 radical (unpaired) electrons. The monoisotopic (exact) mass is 729 g/mol. The minimum absolute atomic E-state index is 0.119. The van der Waals surface area contributed by atoms with Crippen molar-refractivity contribution in [2.24, 2.45) is 0 Å². The van der Waals surface area contributed by atoms with Crippen molar-refractivity contribution in [1.82, 2.24) is 0 Å². The van der Waals surface area contributed by atoms with E-state index in [2.05, 4.69) is 213 Å². The van der Waals surface area contributed by atoms with Crippen LogP contribution in [0.15, 0.2) is 205 Å². The van der Waals surface area contributed by atoms with Gasteiger partial charge in [-0.05, 0) is 133 Å². The summed E-state index contributed by atoms with van der Waals surface area (Å²) in [5, 5.41) is 4.75. The minimum Gasteiger partial charge on any atom is -0.456 e. The van der Waals surface area contributed by atoms with Crippen molar-refractivity contribution in [2.75, 3.05) is 4.90 Å². The van der Waals surface area contributed by atoms with Crippen molar-refractivity contribution in [3.8, 4) is 44.5 Å². The van der Waals surface area contributed by atoms with Crippen LogP contribution in [0.3, 0.4) is 0 Å². The maximum absolute atomic E-state index is 6.32. The van der Waals surface area contributed by atoms with Gasteiger partial charge in [0.25, 0.3) is 0 Å². The van der Waals surface area contributed by atoms with Crippen molar-refractivity contribution >= 4 is 49.8 Å². The van der Waals surface area contributed by atoms with Crippen molar-refractivity contribution in [2.45, 2.75) is 19.3 Å². The Morgan fingerprint density at radius 3 is 1.54 bits per heavy atom. The van der Waals surface area contributed by atoms with Gasteiger partial charge < -0.3 is 9.32 Å². The minimum atomic E-state index is -0.119. The molecule has 0 fully saturated rings. The summed E-state index contributed by atoms with van der Waals surface area (Å²) < 4.78 is 6.32. The Labute approximate surface area is 332 Å². The molecule has 270 valence electrons. The third-order valence-electron chi connectivity index (χ3n) is 12.1. The largest absolute Gasteiger partial charge is 0.456 e. The summed E-state index contributed by atoms with van der Waals surface area (Å²) in [5.74, 6) is 0. The lowest BCUT2D eigenvalue weighted by Crippen LogP contribution is -2.14. The number of hydrogen-bond donors (Lipinski definition) is 0. The van der Waals surface area contributed by atoms with E-state index in [0.717, 1.165) is 28.2 Å². The van der Waals surface area contributed by atoms with Crippen LogP contribution in [-0.2, 0) is 5.41 Å². The van der Waals surface area contributed by atoms with Crippen LogP contribution in [0.25, 0.3) is 77.2 Å². The summed E-state index contributed by atoms with van der Waals surface area (Å²) in [6.45, 7) is 4.66. The lowest BCUT2D eigenvalue weighted by molar-refractivity contribution is 0.647. The smallest absolute Gasteiger partial charge is 0.135 e. The Hall–Kier alpha value is -7.16. The third kappa shape index (κ3) is 5.56. The van der Waals surface area contributed by atoms with Crippen LogP contribution in [0.1, 0.15) is 25.0 Å². The van der Waals surface area contributed by atoms with Gasteiger partial charge >= 0.3 is 0 Å². The molecule has 0 amide bonds. The van der Waals surface area contributed by atoms with E-state index in [0.29, 0.717) is 0 Å². The molecule has 0 atom stereocenters. The lowest BCUT2D eigenvalue weighted by Gasteiger charge is -2.26. The molecule has 0 spiro atoms. The fourth-order valence-electron chi connectivity index (χ4n) is 9.01. The number of rotatable bonds is 6. The first kappa shape index (κ1) is 33.2. The number of fused-ring (bicyclic) bond motifs is 7. The summed E-state index contributed by atoms with van der Waals surface area (Å²) in [5.41, 5.74) is 17.7. The predicted molar refractivity (Wildman–Crippen MR) is 240 cm³/mol. The normalized spacial score (nSPS) is 12.9. The quantitative estimate of drug-likeness (QED) is 0.169. The summed E-state index contributed by atoms with van der Waals surface area (Å²) in [6.07, 6.45) is 0. The van der Waals surface area contributed by atoms with Crippen LogP contribution in [0.5, 0.6) is 0 Å². The summed E-state index contributed by atoms with van der Waals surface area (Å²) in [7, 11) is 0. The second-order valence-electron chi connectivity index (χ2n) is 15.8. The molecule has 0 unspecified atom stereocenters. The maximum atomic E-state index is 6.32. The SMILES string of the molecule is CC1(C)c2ccc(-c3ccc4cc(N(c5ccc(-c6ccccc6)cc5)c5ccc(-c6ccccc6)cc5)ccc4c3)cc2-c2cc3c(cc21)oc1ccccc13. The average molecular weight is 730 g/mol.